The summed E-state index contributed by atoms with van der Waals surface area (Å²) in [7, 11) is 0. The Balaban J connectivity index is 0.000000104. The number of benzene rings is 26. The van der Waals surface area contributed by atoms with Gasteiger partial charge in [0.1, 0.15) is 16.6 Å². The summed E-state index contributed by atoms with van der Waals surface area (Å²) in [6.45, 7) is 0. The maximum Gasteiger partial charge on any atom is 0.227 e. The van der Waals surface area contributed by atoms with Crippen molar-refractivity contribution < 1.29 is 13.3 Å². The maximum atomic E-state index is 6.44. The Morgan fingerprint density at radius 3 is 0.803 bits per heavy atom. The van der Waals surface area contributed by atoms with Crippen LogP contribution in [0.1, 0.15) is 0 Å². The second-order valence-corrected chi connectivity index (χ2v) is 35.8. The van der Waals surface area contributed by atoms with Gasteiger partial charge in [0.05, 0.1) is 0 Å². The molecule has 0 N–H and O–H groups in total. The lowest BCUT2D eigenvalue weighted by Gasteiger charge is -2.15. The zero-order valence-corrected chi connectivity index (χ0v) is 74.2. The highest BCUT2D eigenvalue weighted by Gasteiger charge is 2.23. The van der Waals surface area contributed by atoms with Gasteiger partial charge in [0.2, 0.25) is 17.7 Å². The van der Waals surface area contributed by atoms with E-state index < -0.39 is 0 Å². The largest absolute Gasteiger partial charge is 0.435 e. The molecule has 26 aromatic carbocycles. The molecule has 0 saturated heterocycles. The van der Waals surface area contributed by atoms with Crippen molar-refractivity contribution in [3.05, 3.63) is 479 Å². The summed E-state index contributed by atoms with van der Waals surface area (Å²) < 4.78 is 19.3. The number of aromatic nitrogens is 3. The van der Waals surface area contributed by atoms with Gasteiger partial charge in [-0.3, -0.25) is 0 Å². The quantitative estimate of drug-likeness (QED) is 0.134. The fraction of sp³-hybridized carbons (Fsp3) is 0. The average Bonchev–Trinajstić information content (AvgIpc) is 1.01. The topological polar surface area (TPSA) is 78.1 Å². The second-order valence-electron chi connectivity index (χ2n) is 35.8. The van der Waals surface area contributed by atoms with Crippen LogP contribution in [0, 0.1) is 0 Å². The van der Waals surface area contributed by atoms with Crippen molar-refractivity contribution in [2.45, 2.75) is 0 Å². The van der Waals surface area contributed by atoms with Gasteiger partial charge in [0.25, 0.3) is 0 Å². The van der Waals surface area contributed by atoms with Crippen molar-refractivity contribution in [1.82, 2.24) is 15.0 Å². The minimum atomic E-state index is 0.646. The molecule has 0 saturated carbocycles. The number of fused-ring (bicyclic) bond motifs is 28. The first-order valence-electron chi connectivity index (χ1n) is 46.7. The zero-order chi connectivity index (χ0) is 90.1. The van der Waals surface area contributed by atoms with Crippen LogP contribution in [0.2, 0.25) is 0 Å². The highest BCUT2D eigenvalue weighted by atomic mass is 16.4. The van der Waals surface area contributed by atoms with E-state index in [0.717, 1.165) is 93.1 Å². The van der Waals surface area contributed by atoms with Gasteiger partial charge in [-0.2, -0.15) is 0 Å². The first kappa shape index (κ1) is 78.6. The van der Waals surface area contributed by atoms with Crippen LogP contribution >= 0.6 is 0 Å². The van der Waals surface area contributed by atoms with Crippen molar-refractivity contribution in [2.24, 2.45) is 0 Å². The van der Waals surface area contributed by atoms with Gasteiger partial charge in [0, 0.05) is 32.8 Å². The Morgan fingerprint density at radius 2 is 0.380 bits per heavy atom. The molecule has 0 aliphatic rings. The molecule has 0 atom stereocenters. The fourth-order valence-corrected chi connectivity index (χ4v) is 21.4. The van der Waals surface area contributed by atoms with Crippen LogP contribution < -0.4 is 0 Å². The number of rotatable bonds is 9. The molecule has 0 fully saturated rings. The van der Waals surface area contributed by atoms with Gasteiger partial charge in [0.15, 0.2) is 16.7 Å². The Bertz CT molecular complexity index is 9990. The minimum Gasteiger partial charge on any atom is -0.435 e. The highest BCUT2D eigenvalue weighted by molar-refractivity contribution is 6.27. The van der Waals surface area contributed by atoms with Crippen LogP contribution in [0.3, 0.4) is 0 Å². The molecule has 6 nitrogen and oxygen atoms in total. The normalized spacial score (nSPS) is 11.8. The predicted molar refractivity (Wildman–Crippen MR) is 576 cm³/mol. The third kappa shape index (κ3) is 13.6. The van der Waals surface area contributed by atoms with Gasteiger partial charge in [-0.25, -0.2) is 15.0 Å². The fourth-order valence-electron chi connectivity index (χ4n) is 21.4. The number of nitrogens with zero attached hydrogens (tertiary/aromatic N) is 3. The first-order valence-corrected chi connectivity index (χ1v) is 46.7. The smallest absolute Gasteiger partial charge is 0.227 e. The van der Waals surface area contributed by atoms with Crippen molar-refractivity contribution in [1.29, 1.82) is 0 Å². The summed E-state index contributed by atoms with van der Waals surface area (Å²) in [6, 6.07) is 172. The van der Waals surface area contributed by atoms with E-state index in [4.69, 9.17) is 28.2 Å². The lowest BCUT2D eigenvalue weighted by Crippen LogP contribution is -1.88. The molecule has 3 heterocycles. The van der Waals surface area contributed by atoms with Gasteiger partial charge >= 0.3 is 0 Å². The molecule has 0 spiro atoms. The summed E-state index contributed by atoms with van der Waals surface area (Å²) in [4.78, 5) is 14.5. The third-order valence-corrected chi connectivity index (χ3v) is 27.9. The molecule has 0 aliphatic carbocycles. The summed E-state index contributed by atoms with van der Waals surface area (Å²) in [6.07, 6.45) is 0. The van der Waals surface area contributed by atoms with Crippen LogP contribution in [0.25, 0.3) is 285 Å². The lowest BCUT2D eigenvalue weighted by molar-refractivity contribution is 0.623. The van der Waals surface area contributed by atoms with E-state index in [-0.39, 0.29) is 0 Å². The molecule has 137 heavy (non-hydrogen) atoms. The molecule has 0 unspecified atom stereocenters. The Labute approximate surface area is 787 Å². The first-order chi connectivity index (χ1) is 67.9. The third-order valence-electron chi connectivity index (χ3n) is 27.9. The van der Waals surface area contributed by atoms with Crippen molar-refractivity contribution >= 4 is 184 Å². The standard InChI is InChI=1S/2C45H27NO.C41H25NO/c1-2-10-30(11-3-1)45-46-41-24-21-29-17-18-35-26-32(20-22-38(35)42(29)44(41)47-45)31-13-8-14-33(25-31)40-27-34-12-5-6-15-36(34)39-23-19-28-9-4-7-16-37(28)43(39)40;1-2-10-30(11-3-1)45-46-41-24-21-29-17-18-35-26-32(20-22-38(35)42(29)44(41)47-45)31-13-8-14-33(25-31)40-27-34-12-5-7-16-37(34)43-36-15-6-4-9-28(36)19-23-39(40)43;1-2-9-27(10-3-1)41-42-38-22-20-26-17-18-32-24-29(19-21-34(32)39(26)40(38)43-41)28-12-8-13-30(23-28)37-25-31-11-4-5-14-33(31)35-15-6-7-16-36(35)37/h2*1-27H;1-25H. The summed E-state index contributed by atoms with van der Waals surface area (Å²) in [5.41, 5.74) is 22.6. The van der Waals surface area contributed by atoms with E-state index in [1.165, 1.54) is 174 Å². The molecule has 0 aliphatic heterocycles. The van der Waals surface area contributed by atoms with Gasteiger partial charge in [-0.15, -0.1) is 0 Å². The summed E-state index contributed by atoms with van der Waals surface area (Å²) in [5.74, 6) is 1.94. The maximum absolute atomic E-state index is 6.44. The molecule has 3 aromatic heterocycles. The highest BCUT2D eigenvalue weighted by Crippen LogP contribution is 2.48. The molecule has 29 aromatic rings. The van der Waals surface area contributed by atoms with Crippen LogP contribution in [0.5, 0.6) is 0 Å². The van der Waals surface area contributed by atoms with E-state index in [0.29, 0.717) is 17.7 Å². The molecule has 0 amide bonds. The summed E-state index contributed by atoms with van der Waals surface area (Å²) >= 11 is 0. The zero-order valence-electron chi connectivity index (χ0n) is 74.2. The van der Waals surface area contributed by atoms with Crippen LogP contribution in [-0.4, -0.2) is 15.0 Å². The Kier molecular flexibility index (Phi) is 18.6. The van der Waals surface area contributed by atoms with E-state index >= 15 is 0 Å². The summed E-state index contributed by atoms with van der Waals surface area (Å²) in [5, 5.41) is 34.2. The minimum absolute atomic E-state index is 0.646. The molecular weight excluding hydrogens is 1660 g/mol. The van der Waals surface area contributed by atoms with Crippen molar-refractivity contribution in [2.75, 3.05) is 0 Å². The SMILES string of the molecule is c1ccc(-c2nc3ccc4ccc5cc(-c6cccc(-c7cc8ccccc8c8c7ccc7ccccc78)c6)ccc5c4c3o2)cc1.c1ccc(-c2nc3ccc4ccc5cc(-c6cccc(-c7cc8ccccc8c8ccc9ccccc9c78)c6)ccc5c4c3o2)cc1.c1ccc(-c2nc3ccc4ccc5cc(-c6cccc(-c7cc8ccccc8c8ccccc78)c6)ccc5c4c3o2)cc1. The lowest BCUT2D eigenvalue weighted by atomic mass is 9.89. The second kappa shape index (κ2) is 32.4. The number of oxazole rings is 3. The van der Waals surface area contributed by atoms with Crippen LogP contribution in [-0.2, 0) is 0 Å². The van der Waals surface area contributed by atoms with Crippen LogP contribution in [0.15, 0.2) is 492 Å². The van der Waals surface area contributed by atoms with E-state index in [9.17, 15) is 0 Å². The predicted octanol–water partition coefficient (Wildman–Crippen LogP) is 36.6. The number of hydrogen-bond donors (Lipinski definition) is 0. The van der Waals surface area contributed by atoms with E-state index in [2.05, 4.69) is 388 Å². The van der Waals surface area contributed by atoms with Crippen molar-refractivity contribution in [3.8, 4) is 101 Å². The Morgan fingerprint density at radius 1 is 0.124 bits per heavy atom. The monoisotopic (exact) mass is 1740 g/mol. The van der Waals surface area contributed by atoms with Gasteiger partial charge < -0.3 is 13.3 Å². The average molecular weight is 1740 g/mol. The van der Waals surface area contributed by atoms with Gasteiger partial charge in [-0.1, -0.05) is 370 Å². The van der Waals surface area contributed by atoms with E-state index in [1.807, 2.05) is 91.0 Å². The van der Waals surface area contributed by atoms with Gasteiger partial charge in [-0.05, 0) is 311 Å². The van der Waals surface area contributed by atoms with Crippen LogP contribution in [0.4, 0.5) is 0 Å². The molecule has 6 heteroatoms. The van der Waals surface area contributed by atoms with Crippen molar-refractivity contribution in [3.63, 3.8) is 0 Å². The van der Waals surface area contributed by atoms with E-state index in [1.54, 1.807) is 0 Å². The molecule has 0 radical (unpaired) electrons. The molecule has 0 bridgehead atoms. The molecule has 29 rings (SSSR count). The molecule has 636 valence electrons. The Hall–Kier alpha value is -18.2. The number of hydrogen-bond acceptors (Lipinski definition) is 6. The molecular formula is C131H79N3O3.